The molecule has 6 nitrogen and oxygen atoms in total. The van der Waals surface area contributed by atoms with E-state index in [9.17, 15) is 4.21 Å². The minimum atomic E-state index is -0.693. The van der Waals surface area contributed by atoms with E-state index in [1.807, 2.05) is 0 Å². The minimum Gasteiger partial charge on any atom is -0.354 e. The molecule has 8 heteroatoms. The molecule has 0 saturated carbocycles. The number of nitrogen functional groups attached to an aromatic ring is 1. The number of rotatable bonds is 2. The van der Waals surface area contributed by atoms with Crippen molar-refractivity contribution in [2.45, 2.75) is 6.92 Å². The van der Waals surface area contributed by atoms with Crippen LogP contribution in [-0.4, -0.2) is 38.8 Å². The number of hydrogen-bond donors (Lipinski definition) is 2. The molecule has 0 atom stereocenters. The van der Waals surface area contributed by atoms with Crippen LogP contribution in [0.5, 0.6) is 0 Å². The maximum atomic E-state index is 11.5. The molecule has 102 valence electrons. The highest BCUT2D eigenvalue weighted by Crippen LogP contribution is 2.31. The molecule has 3 rings (SSSR count). The summed E-state index contributed by atoms with van der Waals surface area (Å²) in [5, 5.41) is 1.05. The number of anilines is 2. The number of fused-ring (bicyclic) bond motifs is 1. The highest BCUT2D eigenvalue weighted by atomic mass is 32.2. The van der Waals surface area contributed by atoms with Crippen LogP contribution in [0.3, 0.4) is 0 Å². The second-order valence-corrected chi connectivity index (χ2v) is 7.36. The average molecular weight is 297 g/mol. The largest absolute Gasteiger partial charge is 0.354 e. The van der Waals surface area contributed by atoms with Gasteiger partial charge in [-0.1, -0.05) is 0 Å². The van der Waals surface area contributed by atoms with Crippen LogP contribution in [0.1, 0.15) is 4.88 Å². The van der Waals surface area contributed by atoms with Crippen LogP contribution in [-0.2, 0) is 10.8 Å². The van der Waals surface area contributed by atoms with Gasteiger partial charge in [0.2, 0.25) is 5.95 Å². The maximum Gasteiger partial charge on any atom is 0.240 e. The van der Waals surface area contributed by atoms with Gasteiger partial charge in [-0.2, -0.15) is 4.98 Å². The molecule has 3 heterocycles. The lowest BCUT2D eigenvalue weighted by Gasteiger charge is -2.27. The van der Waals surface area contributed by atoms with Crippen LogP contribution >= 0.6 is 11.3 Å². The van der Waals surface area contributed by atoms with Crippen molar-refractivity contribution in [1.29, 1.82) is 0 Å². The Hall–Kier alpha value is -1.25. The van der Waals surface area contributed by atoms with Gasteiger partial charge >= 0.3 is 0 Å². The number of nitrogens with one attached hydrogen (secondary N) is 1. The van der Waals surface area contributed by atoms with Gasteiger partial charge in [0.1, 0.15) is 10.6 Å². The number of nitrogens with zero attached hydrogens (tertiary/aromatic N) is 3. The van der Waals surface area contributed by atoms with Gasteiger partial charge in [-0.05, 0) is 13.0 Å². The molecule has 2 aromatic rings. The maximum absolute atomic E-state index is 11.5. The number of hydrogen-bond acceptors (Lipinski definition) is 7. The molecular formula is C11H15N5OS2. The molecule has 19 heavy (non-hydrogen) atoms. The Morgan fingerprint density at radius 1 is 1.42 bits per heavy atom. The lowest BCUT2D eigenvalue weighted by molar-refractivity contribution is 0.672. The number of nitrogens with two attached hydrogens (primary N) is 1. The monoisotopic (exact) mass is 297 g/mol. The van der Waals surface area contributed by atoms with Gasteiger partial charge in [-0.3, -0.25) is 9.63 Å². The molecule has 0 radical (unpaired) electrons. The van der Waals surface area contributed by atoms with E-state index in [2.05, 4.69) is 33.3 Å². The van der Waals surface area contributed by atoms with Gasteiger partial charge in [0.25, 0.3) is 0 Å². The SMILES string of the molecule is Cc1cc2c(N3CCS(=O)CC3)nc(NN)nc2s1. The first-order chi connectivity index (χ1) is 9.17. The van der Waals surface area contributed by atoms with Crippen molar-refractivity contribution in [3.05, 3.63) is 10.9 Å². The second-order valence-electron chi connectivity index (χ2n) is 4.43. The summed E-state index contributed by atoms with van der Waals surface area (Å²) in [5.41, 5.74) is 2.51. The van der Waals surface area contributed by atoms with Gasteiger partial charge in [0, 0.05) is 40.3 Å². The van der Waals surface area contributed by atoms with Crippen molar-refractivity contribution in [1.82, 2.24) is 9.97 Å². The normalized spacial score (nSPS) is 17.1. The first kappa shape index (κ1) is 12.8. The van der Waals surface area contributed by atoms with E-state index in [0.717, 1.165) is 29.1 Å². The van der Waals surface area contributed by atoms with Gasteiger partial charge < -0.3 is 4.90 Å². The van der Waals surface area contributed by atoms with Crippen molar-refractivity contribution in [2.24, 2.45) is 5.84 Å². The fourth-order valence-corrected chi connectivity index (χ4v) is 4.11. The Morgan fingerprint density at radius 3 is 2.84 bits per heavy atom. The number of aromatic nitrogens is 2. The number of hydrazine groups is 1. The van der Waals surface area contributed by atoms with Crippen LogP contribution in [0.4, 0.5) is 11.8 Å². The molecule has 0 amide bonds. The topological polar surface area (TPSA) is 84.1 Å². The van der Waals surface area contributed by atoms with Crippen molar-refractivity contribution in [3.8, 4) is 0 Å². The Kier molecular flexibility index (Phi) is 3.38. The van der Waals surface area contributed by atoms with Crippen molar-refractivity contribution in [2.75, 3.05) is 34.9 Å². The second kappa shape index (κ2) is 5.03. The zero-order chi connectivity index (χ0) is 13.4. The quantitative estimate of drug-likeness (QED) is 0.631. The summed E-state index contributed by atoms with van der Waals surface area (Å²) in [7, 11) is -0.693. The van der Waals surface area contributed by atoms with Crippen LogP contribution < -0.4 is 16.2 Å². The lowest BCUT2D eigenvalue weighted by Crippen LogP contribution is -2.38. The fraction of sp³-hybridized carbons (Fsp3) is 0.455. The van der Waals surface area contributed by atoms with Crippen molar-refractivity contribution in [3.63, 3.8) is 0 Å². The van der Waals surface area contributed by atoms with E-state index >= 15 is 0 Å². The molecule has 2 aromatic heterocycles. The Morgan fingerprint density at radius 2 is 2.16 bits per heavy atom. The number of thiophene rings is 1. The van der Waals surface area contributed by atoms with Gasteiger partial charge in [0.15, 0.2) is 0 Å². The summed E-state index contributed by atoms with van der Waals surface area (Å²) in [6.45, 7) is 3.58. The highest BCUT2D eigenvalue weighted by Gasteiger charge is 2.20. The molecule has 3 N–H and O–H groups in total. The third-order valence-corrected chi connectivity index (χ3v) is 5.32. The molecule has 0 unspecified atom stereocenters. The predicted octanol–water partition coefficient (Wildman–Crippen LogP) is 0.854. The molecule has 1 fully saturated rings. The fourth-order valence-electron chi connectivity index (χ4n) is 2.18. The molecule has 0 aliphatic carbocycles. The van der Waals surface area contributed by atoms with Crippen molar-refractivity contribution < 1.29 is 4.21 Å². The zero-order valence-corrected chi connectivity index (χ0v) is 12.2. The van der Waals surface area contributed by atoms with Crippen molar-refractivity contribution >= 4 is 44.1 Å². The van der Waals surface area contributed by atoms with E-state index in [0.29, 0.717) is 17.5 Å². The van der Waals surface area contributed by atoms with E-state index < -0.39 is 10.8 Å². The summed E-state index contributed by atoms with van der Waals surface area (Å²) in [5.74, 6) is 8.13. The van der Waals surface area contributed by atoms with E-state index in [4.69, 9.17) is 5.84 Å². The Labute approximate surface area is 117 Å². The summed E-state index contributed by atoms with van der Waals surface area (Å²) >= 11 is 1.63. The third-order valence-electron chi connectivity index (χ3n) is 3.10. The van der Waals surface area contributed by atoms with Gasteiger partial charge in [0.05, 0.1) is 5.39 Å². The van der Waals surface area contributed by atoms with E-state index in [-0.39, 0.29) is 0 Å². The summed E-state index contributed by atoms with van der Waals surface area (Å²) in [6.07, 6.45) is 0. The summed E-state index contributed by atoms with van der Waals surface area (Å²) in [4.78, 5) is 13.1. The molecular weight excluding hydrogens is 282 g/mol. The van der Waals surface area contributed by atoms with Crippen LogP contribution in [0.15, 0.2) is 6.07 Å². The predicted molar refractivity (Wildman–Crippen MR) is 80.1 cm³/mol. The molecule has 1 saturated heterocycles. The third kappa shape index (κ3) is 2.43. The number of aryl methyl sites for hydroxylation is 1. The van der Waals surface area contributed by atoms with E-state index in [1.54, 1.807) is 11.3 Å². The summed E-state index contributed by atoms with van der Waals surface area (Å²) in [6, 6.07) is 2.10. The van der Waals surface area contributed by atoms with Gasteiger partial charge in [-0.15, -0.1) is 11.3 Å². The zero-order valence-electron chi connectivity index (χ0n) is 10.5. The molecule has 1 aliphatic rings. The Bertz CT molecular complexity index is 631. The van der Waals surface area contributed by atoms with Crippen LogP contribution in [0.2, 0.25) is 0 Å². The average Bonchev–Trinajstić information content (AvgIpc) is 2.78. The lowest BCUT2D eigenvalue weighted by atomic mass is 10.3. The van der Waals surface area contributed by atoms with Gasteiger partial charge in [-0.25, -0.2) is 10.8 Å². The van der Waals surface area contributed by atoms with Crippen LogP contribution in [0, 0.1) is 6.92 Å². The summed E-state index contributed by atoms with van der Waals surface area (Å²) < 4.78 is 11.5. The van der Waals surface area contributed by atoms with Crippen LogP contribution in [0.25, 0.3) is 10.2 Å². The molecule has 0 aromatic carbocycles. The first-order valence-corrected chi connectivity index (χ1v) is 8.32. The molecule has 1 aliphatic heterocycles. The first-order valence-electron chi connectivity index (χ1n) is 6.02. The molecule has 0 spiro atoms. The molecule has 0 bridgehead atoms. The highest BCUT2D eigenvalue weighted by molar-refractivity contribution is 7.85. The standard InChI is InChI=1S/C11H15N5OS2/c1-7-6-8-9(16-2-4-19(17)5-3-16)13-11(15-12)14-10(8)18-7/h6H,2-5,12H2,1H3,(H,13,14,15). The Balaban J connectivity index is 2.07. The van der Waals surface area contributed by atoms with E-state index in [1.165, 1.54) is 4.88 Å². The smallest absolute Gasteiger partial charge is 0.240 e. The minimum absolute atomic E-state index is 0.427.